The summed E-state index contributed by atoms with van der Waals surface area (Å²) in [6.07, 6.45) is 11.9. The van der Waals surface area contributed by atoms with E-state index in [9.17, 15) is 22.8 Å². The Morgan fingerprint density at radius 1 is 0.697 bits per heavy atom. The van der Waals surface area contributed by atoms with E-state index in [1.807, 2.05) is 0 Å². The molecule has 1 aromatic rings. The molecule has 0 N–H and O–H groups in total. The molecule has 0 aromatic heterocycles. The Labute approximate surface area is 196 Å². The molecule has 0 atom stereocenters. The first-order valence-electron chi connectivity index (χ1n) is 12.3. The normalized spacial score (nSPS) is 11.5. The Bertz CT molecular complexity index is 732. The van der Waals surface area contributed by atoms with Crippen LogP contribution in [-0.4, -0.2) is 18.5 Å². The summed E-state index contributed by atoms with van der Waals surface area (Å²) >= 11 is 0. The molecule has 0 amide bonds. The van der Waals surface area contributed by atoms with Crippen molar-refractivity contribution in [3.63, 3.8) is 0 Å². The highest BCUT2D eigenvalue weighted by atomic mass is 19.2. The zero-order valence-corrected chi connectivity index (χ0v) is 20.3. The Morgan fingerprint density at radius 2 is 1.18 bits per heavy atom. The zero-order valence-electron chi connectivity index (χ0n) is 20.3. The number of halogens is 3. The highest BCUT2D eigenvalue weighted by Gasteiger charge is 2.46. The molecule has 0 fully saturated rings. The van der Waals surface area contributed by atoms with Crippen molar-refractivity contribution in [2.45, 2.75) is 104 Å². The number of benzene rings is 1. The quantitative estimate of drug-likeness (QED) is 0.102. The lowest BCUT2D eigenvalue weighted by Crippen LogP contribution is -2.41. The number of ether oxygens (including phenoxy) is 2. The Morgan fingerprint density at radius 3 is 1.73 bits per heavy atom. The van der Waals surface area contributed by atoms with Crippen molar-refractivity contribution >= 4 is 11.9 Å². The van der Waals surface area contributed by atoms with E-state index in [0.29, 0.717) is 12.1 Å². The van der Waals surface area contributed by atoms with E-state index in [1.165, 1.54) is 44.9 Å². The van der Waals surface area contributed by atoms with Gasteiger partial charge in [0.25, 0.3) is 0 Å². The van der Waals surface area contributed by atoms with E-state index in [2.05, 4.69) is 6.92 Å². The van der Waals surface area contributed by atoms with E-state index in [1.54, 1.807) is 13.8 Å². The second-order valence-electron chi connectivity index (χ2n) is 8.54. The average Bonchev–Trinajstić information content (AvgIpc) is 2.80. The van der Waals surface area contributed by atoms with Gasteiger partial charge in [0.05, 0.1) is 6.61 Å². The fourth-order valence-corrected chi connectivity index (χ4v) is 3.76. The van der Waals surface area contributed by atoms with Crippen LogP contribution >= 0.6 is 0 Å². The molecule has 1 aromatic carbocycles. The number of unbranched alkanes of at least 4 members (excludes halogenated alkanes) is 9. The van der Waals surface area contributed by atoms with Gasteiger partial charge in [-0.3, -0.25) is 9.59 Å². The molecule has 0 aliphatic heterocycles. The number of esters is 2. The molecular formula is C26H39F3O4. The molecular weight excluding hydrogens is 433 g/mol. The SMILES string of the molecule is CCCCCCCCCCCCOC(=O)C(CC)(CC)C(=O)OCc1cc(F)c(F)cc1F. The van der Waals surface area contributed by atoms with Crippen LogP contribution in [0.15, 0.2) is 12.1 Å². The van der Waals surface area contributed by atoms with E-state index < -0.39 is 41.4 Å². The highest BCUT2D eigenvalue weighted by molar-refractivity contribution is 5.99. The van der Waals surface area contributed by atoms with Gasteiger partial charge in [-0.15, -0.1) is 0 Å². The minimum absolute atomic E-state index is 0.152. The van der Waals surface area contributed by atoms with Gasteiger partial charge in [-0.2, -0.15) is 0 Å². The first-order valence-corrected chi connectivity index (χ1v) is 12.3. The van der Waals surface area contributed by atoms with E-state index in [0.717, 1.165) is 19.3 Å². The van der Waals surface area contributed by atoms with Crippen molar-refractivity contribution in [1.82, 2.24) is 0 Å². The first kappa shape index (κ1) is 29.0. The van der Waals surface area contributed by atoms with E-state index in [4.69, 9.17) is 9.47 Å². The molecule has 0 unspecified atom stereocenters. The maximum atomic E-state index is 13.8. The Kier molecular flexibility index (Phi) is 13.8. The maximum absolute atomic E-state index is 13.8. The lowest BCUT2D eigenvalue weighted by atomic mass is 9.82. The lowest BCUT2D eigenvalue weighted by Gasteiger charge is -2.27. The van der Waals surface area contributed by atoms with Crippen LogP contribution in [0.4, 0.5) is 13.2 Å². The van der Waals surface area contributed by atoms with Gasteiger partial charge < -0.3 is 9.47 Å². The third kappa shape index (κ3) is 9.38. The standard InChI is InChI=1S/C26H39F3O4/c1-4-7-8-9-10-11-12-13-14-15-16-32-24(30)26(5-2,6-3)25(31)33-19-20-17-22(28)23(29)18-21(20)27/h17-18H,4-16,19H2,1-3H3. The van der Waals surface area contributed by atoms with Crippen molar-refractivity contribution < 1.29 is 32.2 Å². The predicted octanol–water partition coefficient (Wildman–Crippen LogP) is 7.42. The summed E-state index contributed by atoms with van der Waals surface area (Å²) in [6.45, 7) is 5.17. The molecule has 0 spiro atoms. The average molecular weight is 473 g/mol. The van der Waals surface area contributed by atoms with Crippen LogP contribution in [-0.2, 0) is 25.7 Å². The summed E-state index contributed by atoms with van der Waals surface area (Å²) in [4.78, 5) is 25.4. The van der Waals surface area contributed by atoms with Gasteiger partial charge in [-0.05, 0) is 25.3 Å². The van der Waals surface area contributed by atoms with Crippen molar-refractivity contribution in [1.29, 1.82) is 0 Å². The third-order valence-corrected chi connectivity index (χ3v) is 6.17. The summed E-state index contributed by atoms with van der Waals surface area (Å²) in [5.74, 6) is -5.11. The van der Waals surface area contributed by atoms with Gasteiger partial charge in [0.2, 0.25) is 0 Å². The number of hydrogen-bond donors (Lipinski definition) is 0. The van der Waals surface area contributed by atoms with E-state index in [-0.39, 0.29) is 25.0 Å². The van der Waals surface area contributed by atoms with Crippen LogP contribution in [0.2, 0.25) is 0 Å². The van der Waals surface area contributed by atoms with Gasteiger partial charge in [0.15, 0.2) is 17.0 Å². The molecule has 0 bridgehead atoms. The van der Waals surface area contributed by atoms with Crippen LogP contribution in [0.1, 0.15) is 103 Å². The summed E-state index contributed by atoms with van der Waals surface area (Å²) in [6, 6.07) is 1.03. The van der Waals surface area contributed by atoms with Gasteiger partial charge in [0.1, 0.15) is 12.4 Å². The molecule has 0 aliphatic rings. The van der Waals surface area contributed by atoms with Crippen molar-refractivity contribution in [2.24, 2.45) is 5.41 Å². The molecule has 1 rings (SSSR count). The first-order chi connectivity index (χ1) is 15.8. The van der Waals surface area contributed by atoms with Crippen LogP contribution in [0.25, 0.3) is 0 Å². The minimum atomic E-state index is -1.51. The van der Waals surface area contributed by atoms with Crippen molar-refractivity contribution in [3.05, 3.63) is 35.1 Å². The molecule has 4 nitrogen and oxygen atoms in total. The van der Waals surface area contributed by atoms with Crippen LogP contribution in [0, 0.1) is 22.9 Å². The number of hydrogen-bond acceptors (Lipinski definition) is 4. The molecule has 7 heteroatoms. The van der Waals surface area contributed by atoms with Crippen molar-refractivity contribution in [2.75, 3.05) is 6.61 Å². The number of carbonyl (C=O) groups is 2. The zero-order chi connectivity index (χ0) is 24.7. The van der Waals surface area contributed by atoms with Crippen LogP contribution in [0.5, 0.6) is 0 Å². The van der Waals surface area contributed by atoms with Gasteiger partial charge in [-0.1, -0.05) is 78.6 Å². The molecule has 0 radical (unpaired) electrons. The molecule has 0 aliphatic carbocycles. The lowest BCUT2D eigenvalue weighted by molar-refractivity contribution is -0.174. The Hall–Kier alpha value is -2.05. The van der Waals surface area contributed by atoms with Gasteiger partial charge >= 0.3 is 11.9 Å². The van der Waals surface area contributed by atoms with Crippen LogP contribution < -0.4 is 0 Å². The van der Waals surface area contributed by atoms with Gasteiger partial charge in [0, 0.05) is 11.6 Å². The fourth-order valence-electron chi connectivity index (χ4n) is 3.76. The smallest absolute Gasteiger partial charge is 0.323 e. The second kappa shape index (κ2) is 15.7. The summed E-state index contributed by atoms with van der Waals surface area (Å²) in [7, 11) is 0. The summed E-state index contributed by atoms with van der Waals surface area (Å²) in [5, 5.41) is 0. The second-order valence-corrected chi connectivity index (χ2v) is 8.54. The number of carbonyl (C=O) groups excluding carboxylic acids is 2. The molecule has 0 saturated carbocycles. The number of rotatable bonds is 17. The minimum Gasteiger partial charge on any atom is -0.465 e. The summed E-state index contributed by atoms with van der Waals surface area (Å²) in [5.41, 5.74) is -1.81. The molecule has 33 heavy (non-hydrogen) atoms. The Balaban J connectivity index is 2.43. The van der Waals surface area contributed by atoms with E-state index >= 15 is 0 Å². The van der Waals surface area contributed by atoms with Gasteiger partial charge in [-0.25, -0.2) is 13.2 Å². The van der Waals surface area contributed by atoms with Crippen LogP contribution in [0.3, 0.4) is 0 Å². The predicted molar refractivity (Wildman–Crippen MR) is 122 cm³/mol. The third-order valence-electron chi connectivity index (χ3n) is 6.17. The highest BCUT2D eigenvalue weighted by Crippen LogP contribution is 2.31. The largest absolute Gasteiger partial charge is 0.465 e. The fraction of sp³-hybridized carbons (Fsp3) is 0.692. The molecule has 188 valence electrons. The molecule has 0 heterocycles. The summed E-state index contributed by atoms with van der Waals surface area (Å²) < 4.78 is 50.7. The monoisotopic (exact) mass is 472 g/mol. The molecule has 0 saturated heterocycles. The topological polar surface area (TPSA) is 52.6 Å². The maximum Gasteiger partial charge on any atom is 0.323 e. The van der Waals surface area contributed by atoms with Crippen molar-refractivity contribution in [3.8, 4) is 0 Å².